The quantitative estimate of drug-likeness (QED) is 0.333. The molecule has 0 aliphatic heterocycles. The molecule has 0 atom stereocenters. The molecule has 0 aliphatic carbocycles. The molecule has 0 aliphatic rings. The SMILES string of the molecule is Cc1c([B-](F)(F)F)cc([N+](=O)[O-])cc1C(F)(F)F.[K+]. The van der Waals surface area contributed by atoms with Crippen LogP contribution in [0.2, 0.25) is 0 Å². The molecule has 0 N–H and O–H groups in total. The van der Waals surface area contributed by atoms with Gasteiger partial charge >= 0.3 is 64.5 Å². The fourth-order valence-corrected chi connectivity index (χ4v) is 1.46. The molecule has 100 valence electrons. The van der Waals surface area contributed by atoms with Crippen LogP contribution < -0.4 is 56.8 Å². The van der Waals surface area contributed by atoms with Gasteiger partial charge in [0.2, 0.25) is 0 Å². The van der Waals surface area contributed by atoms with Crippen LogP contribution in [0.1, 0.15) is 11.1 Å². The van der Waals surface area contributed by atoms with Gasteiger partial charge in [-0.15, -0.1) is 0 Å². The van der Waals surface area contributed by atoms with E-state index in [0.717, 1.165) is 0 Å². The van der Waals surface area contributed by atoms with Crippen LogP contribution in [0.15, 0.2) is 12.1 Å². The first-order valence-electron chi connectivity index (χ1n) is 4.50. The van der Waals surface area contributed by atoms with Gasteiger partial charge in [0, 0.05) is 6.07 Å². The summed E-state index contributed by atoms with van der Waals surface area (Å²) in [6.07, 6.45) is -5.08. The van der Waals surface area contributed by atoms with Crippen LogP contribution in [0.3, 0.4) is 0 Å². The third-order valence-corrected chi connectivity index (χ3v) is 2.30. The fraction of sp³-hybridized carbons (Fsp3) is 0.250. The third-order valence-electron chi connectivity index (χ3n) is 2.30. The van der Waals surface area contributed by atoms with E-state index in [2.05, 4.69) is 0 Å². The number of nitro benzene ring substituents is 1. The van der Waals surface area contributed by atoms with E-state index in [9.17, 15) is 36.2 Å². The van der Waals surface area contributed by atoms with Crippen molar-refractivity contribution in [2.75, 3.05) is 0 Å². The molecule has 0 spiro atoms. The van der Waals surface area contributed by atoms with Crippen molar-refractivity contribution in [2.45, 2.75) is 13.1 Å². The van der Waals surface area contributed by atoms with Crippen molar-refractivity contribution < 1.29 is 82.4 Å². The van der Waals surface area contributed by atoms with Gasteiger partial charge in [-0.25, -0.2) is 0 Å². The van der Waals surface area contributed by atoms with Gasteiger partial charge in [-0.1, -0.05) is 11.0 Å². The molecule has 1 aromatic rings. The summed E-state index contributed by atoms with van der Waals surface area (Å²) in [5.74, 6) is 0. The van der Waals surface area contributed by atoms with Crippen LogP contribution in [0.25, 0.3) is 0 Å². The van der Waals surface area contributed by atoms with Gasteiger partial charge in [-0.2, -0.15) is 13.2 Å². The standard InChI is InChI=1S/C8H5BF6NO2.K/c1-4-6(8(10,11)12)2-5(16(17)18)3-7(4)9(13,14)15;/h2-3H,1H3;/q-1;+1. The van der Waals surface area contributed by atoms with Crippen molar-refractivity contribution in [1.29, 1.82) is 0 Å². The predicted molar refractivity (Wildman–Crippen MR) is 51.5 cm³/mol. The van der Waals surface area contributed by atoms with E-state index in [0.29, 0.717) is 6.92 Å². The summed E-state index contributed by atoms with van der Waals surface area (Å²) < 4.78 is 75.0. The topological polar surface area (TPSA) is 43.1 Å². The summed E-state index contributed by atoms with van der Waals surface area (Å²) >= 11 is 0. The average molecular weight is 311 g/mol. The van der Waals surface area contributed by atoms with Crippen molar-refractivity contribution in [1.82, 2.24) is 0 Å². The van der Waals surface area contributed by atoms with Gasteiger partial charge < -0.3 is 12.9 Å². The molecule has 0 saturated heterocycles. The monoisotopic (exact) mass is 311 g/mol. The molecule has 0 heterocycles. The smallest absolute Gasteiger partial charge is 0.445 e. The van der Waals surface area contributed by atoms with Gasteiger partial charge in [0.05, 0.1) is 10.5 Å². The van der Waals surface area contributed by atoms with Crippen LogP contribution in [0, 0.1) is 17.0 Å². The molecule has 0 bridgehead atoms. The van der Waals surface area contributed by atoms with Gasteiger partial charge in [-0.3, -0.25) is 10.1 Å². The number of rotatable bonds is 2. The van der Waals surface area contributed by atoms with Gasteiger partial charge in [0.1, 0.15) is 0 Å². The number of nitrogens with zero attached hydrogens (tertiary/aromatic N) is 1. The second-order valence-electron chi connectivity index (χ2n) is 3.54. The Morgan fingerprint density at radius 1 is 1.21 bits per heavy atom. The summed E-state index contributed by atoms with van der Waals surface area (Å²) in [6, 6.07) is 0.214. The molecule has 19 heavy (non-hydrogen) atoms. The maximum absolute atomic E-state index is 12.5. The number of benzene rings is 1. The summed E-state index contributed by atoms with van der Waals surface area (Å²) in [5.41, 5.74) is -5.54. The molecule has 3 nitrogen and oxygen atoms in total. The minimum atomic E-state index is -5.75. The first-order valence-corrected chi connectivity index (χ1v) is 4.50. The summed E-state index contributed by atoms with van der Waals surface area (Å²) in [4.78, 5) is 9.06. The van der Waals surface area contributed by atoms with Crippen molar-refractivity contribution >= 4 is 18.1 Å². The fourth-order valence-electron chi connectivity index (χ4n) is 1.46. The maximum atomic E-state index is 12.5. The molecular formula is C8H5BF6KNO2. The first kappa shape index (κ1) is 18.9. The van der Waals surface area contributed by atoms with Crippen LogP contribution in [0.4, 0.5) is 31.8 Å². The average Bonchev–Trinajstić information content (AvgIpc) is 2.13. The Morgan fingerprint density at radius 2 is 1.68 bits per heavy atom. The third kappa shape index (κ3) is 4.45. The van der Waals surface area contributed by atoms with Gasteiger partial charge in [-0.05, 0) is 13.0 Å². The summed E-state index contributed by atoms with van der Waals surface area (Å²) in [6.45, 7) is -5.12. The number of halogens is 6. The van der Waals surface area contributed by atoms with Crippen LogP contribution >= 0.6 is 0 Å². The van der Waals surface area contributed by atoms with Crippen molar-refractivity contribution in [3.63, 3.8) is 0 Å². The van der Waals surface area contributed by atoms with E-state index in [1.807, 2.05) is 0 Å². The number of non-ortho nitro benzene ring substituents is 1. The molecule has 0 saturated carbocycles. The normalized spacial score (nSPS) is 11.9. The van der Waals surface area contributed by atoms with Gasteiger partial charge in [0.25, 0.3) is 5.69 Å². The first-order chi connectivity index (χ1) is 7.94. The van der Waals surface area contributed by atoms with Crippen molar-refractivity contribution in [3.05, 3.63) is 33.4 Å². The van der Waals surface area contributed by atoms with Crippen LogP contribution in [-0.2, 0) is 6.18 Å². The Balaban J connectivity index is 0.00000324. The Labute approximate surface area is 146 Å². The number of hydrogen-bond donors (Lipinski definition) is 0. The van der Waals surface area contributed by atoms with Gasteiger partial charge in [0.15, 0.2) is 0 Å². The minimum Gasteiger partial charge on any atom is -0.445 e. The Morgan fingerprint density at radius 3 is 2.00 bits per heavy atom. The van der Waals surface area contributed by atoms with E-state index in [1.165, 1.54) is 0 Å². The molecule has 0 aromatic heterocycles. The maximum Gasteiger partial charge on any atom is 1.00 e. The zero-order chi connectivity index (χ0) is 14.3. The molecule has 0 fully saturated rings. The molecular weight excluding hydrogens is 306 g/mol. The van der Waals surface area contributed by atoms with E-state index in [4.69, 9.17) is 0 Å². The number of alkyl halides is 3. The summed E-state index contributed by atoms with van der Waals surface area (Å²) in [5, 5.41) is 10.3. The van der Waals surface area contributed by atoms with E-state index >= 15 is 0 Å². The zero-order valence-electron chi connectivity index (χ0n) is 9.76. The van der Waals surface area contributed by atoms with Crippen LogP contribution in [0.5, 0.6) is 0 Å². The molecule has 0 amide bonds. The molecule has 1 rings (SSSR count). The number of nitro groups is 1. The second kappa shape index (κ2) is 6.12. The Kier molecular flexibility index (Phi) is 6.09. The zero-order valence-corrected chi connectivity index (χ0v) is 12.9. The van der Waals surface area contributed by atoms with E-state index < -0.39 is 40.4 Å². The molecule has 0 radical (unpaired) electrons. The van der Waals surface area contributed by atoms with Crippen molar-refractivity contribution in [2.24, 2.45) is 0 Å². The predicted octanol–water partition coefficient (Wildman–Crippen LogP) is -0.0196. The number of hydrogen-bond acceptors (Lipinski definition) is 2. The van der Waals surface area contributed by atoms with E-state index in [-0.39, 0.29) is 63.5 Å². The van der Waals surface area contributed by atoms with E-state index in [1.54, 1.807) is 0 Å². The summed E-state index contributed by atoms with van der Waals surface area (Å²) in [7, 11) is 0. The largest absolute Gasteiger partial charge is 1.00 e. The van der Waals surface area contributed by atoms with Crippen molar-refractivity contribution in [3.8, 4) is 0 Å². The molecule has 11 heteroatoms. The molecule has 0 unspecified atom stereocenters. The Bertz CT molecular complexity index is 466. The molecule has 1 aromatic carbocycles. The Hall–Kier alpha value is -0.0987. The minimum absolute atomic E-state index is 0. The second-order valence-corrected chi connectivity index (χ2v) is 3.54. The van der Waals surface area contributed by atoms with Crippen LogP contribution in [-0.4, -0.2) is 11.9 Å².